The number of anilines is 1. The summed E-state index contributed by atoms with van der Waals surface area (Å²) in [5.74, 6) is -0.302. The number of aryl methyl sites for hydroxylation is 1. The Bertz CT molecular complexity index is 870. The van der Waals surface area contributed by atoms with Crippen LogP contribution in [0.4, 0.5) is 5.69 Å². The Morgan fingerprint density at radius 3 is 2.25 bits per heavy atom. The molecular weight excluding hydrogens is 396 g/mol. The van der Waals surface area contributed by atoms with Gasteiger partial charge in [0.1, 0.15) is 6.04 Å². The van der Waals surface area contributed by atoms with E-state index in [0.717, 1.165) is 19.1 Å². The van der Waals surface area contributed by atoms with Gasteiger partial charge in [0.25, 0.3) is 0 Å². The fraction of sp³-hybridized carbons (Fsp3) is 0.381. The lowest BCUT2D eigenvalue weighted by molar-refractivity contribution is -0.122. The van der Waals surface area contributed by atoms with Crippen LogP contribution in [0.5, 0.6) is 0 Å². The van der Waals surface area contributed by atoms with E-state index in [4.69, 9.17) is 11.6 Å². The second kappa shape index (κ2) is 9.94. The molecule has 0 saturated carbocycles. The molecule has 0 aliphatic heterocycles. The van der Waals surface area contributed by atoms with Crippen LogP contribution >= 0.6 is 11.6 Å². The summed E-state index contributed by atoms with van der Waals surface area (Å²) >= 11 is 5.91. The summed E-state index contributed by atoms with van der Waals surface area (Å²) in [7, 11) is -3.65. The summed E-state index contributed by atoms with van der Waals surface area (Å²) in [6.07, 6.45) is 3.07. The third-order valence-electron chi connectivity index (χ3n) is 4.51. The topological polar surface area (TPSA) is 66.5 Å². The molecular formula is C21H27ClN2O3S. The van der Waals surface area contributed by atoms with Gasteiger partial charge in [-0.3, -0.25) is 9.10 Å². The molecule has 2 atom stereocenters. The number of carbonyl (C=O) groups excluding carboxylic acids is 1. The summed E-state index contributed by atoms with van der Waals surface area (Å²) in [4.78, 5) is 12.9. The van der Waals surface area contributed by atoms with E-state index in [1.807, 2.05) is 25.1 Å². The molecule has 2 aromatic carbocycles. The standard InChI is InChI=1S/C21H27ClN2O3S/c1-4-20(24(28(3,26)27)19-14-12-18(22)13-15-19)21(25)23-16(2)10-11-17-8-6-5-7-9-17/h5-9,12-16,20H,4,10-11H2,1-3H3,(H,23,25)/t16-,20+/m0/s1. The van der Waals surface area contributed by atoms with Gasteiger partial charge in [0.2, 0.25) is 15.9 Å². The Morgan fingerprint density at radius 1 is 1.11 bits per heavy atom. The van der Waals surface area contributed by atoms with E-state index in [9.17, 15) is 13.2 Å². The molecule has 0 aliphatic carbocycles. The molecule has 0 unspecified atom stereocenters. The Labute approximate surface area is 172 Å². The predicted molar refractivity (Wildman–Crippen MR) is 115 cm³/mol. The van der Waals surface area contributed by atoms with Crippen molar-refractivity contribution in [1.29, 1.82) is 0 Å². The highest BCUT2D eigenvalue weighted by atomic mass is 35.5. The van der Waals surface area contributed by atoms with Crippen LogP contribution in [-0.4, -0.2) is 32.7 Å². The van der Waals surface area contributed by atoms with Crippen molar-refractivity contribution in [2.24, 2.45) is 0 Å². The maximum atomic E-state index is 12.9. The van der Waals surface area contributed by atoms with Crippen LogP contribution in [0.2, 0.25) is 5.02 Å². The van der Waals surface area contributed by atoms with Crippen molar-refractivity contribution in [2.45, 2.75) is 45.2 Å². The number of nitrogens with zero attached hydrogens (tertiary/aromatic N) is 1. The number of hydrogen-bond acceptors (Lipinski definition) is 3. The molecule has 0 aromatic heterocycles. The zero-order chi connectivity index (χ0) is 20.7. The minimum Gasteiger partial charge on any atom is -0.352 e. The zero-order valence-corrected chi connectivity index (χ0v) is 18.0. The first-order chi connectivity index (χ1) is 13.2. The molecule has 0 bridgehead atoms. The maximum Gasteiger partial charge on any atom is 0.244 e. The first-order valence-electron chi connectivity index (χ1n) is 9.31. The fourth-order valence-electron chi connectivity index (χ4n) is 3.09. The number of nitrogens with one attached hydrogen (secondary N) is 1. The van der Waals surface area contributed by atoms with Crippen molar-refractivity contribution in [1.82, 2.24) is 5.32 Å². The highest BCUT2D eigenvalue weighted by Crippen LogP contribution is 2.24. The molecule has 2 aromatic rings. The molecule has 0 spiro atoms. The Balaban J connectivity index is 2.11. The Morgan fingerprint density at radius 2 is 1.71 bits per heavy atom. The molecule has 0 heterocycles. The number of benzene rings is 2. The van der Waals surface area contributed by atoms with Gasteiger partial charge in [-0.15, -0.1) is 0 Å². The highest BCUT2D eigenvalue weighted by molar-refractivity contribution is 7.92. The van der Waals surface area contributed by atoms with Crippen molar-refractivity contribution >= 4 is 33.2 Å². The number of halogens is 1. The third-order valence-corrected chi connectivity index (χ3v) is 5.94. The molecule has 2 rings (SSSR count). The Hall–Kier alpha value is -2.05. The van der Waals surface area contributed by atoms with Gasteiger partial charge >= 0.3 is 0 Å². The van der Waals surface area contributed by atoms with E-state index in [1.165, 1.54) is 9.87 Å². The van der Waals surface area contributed by atoms with Gasteiger partial charge in [-0.25, -0.2) is 8.42 Å². The molecule has 0 fully saturated rings. The van der Waals surface area contributed by atoms with Crippen LogP contribution in [0.25, 0.3) is 0 Å². The van der Waals surface area contributed by atoms with Crippen molar-refractivity contribution < 1.29 is 13.2 Å². The first kappa shape index (κ1) is 22.2. The molecule has 0 saturated heterocycles. The number of sulfonamides is 1. The maximum absolute atomic E-state index is 12.9. The molecule has 1 amide bonds. The lowest BCUT2D eigenvalue weighted by atomic mass is 10.1. The largest absolute Gasteiger partial charge is 0.352 e. The van der Waals surface area contributed by atoms with Gasteiger partial charge in [0.15, 0.2) is 0 Å². The van der Waals surface area contributed by atoms with Gasteiger partial charge in [0.05, 0.1) is 11.9 Å². The summed E-state index contributed by atoms with van der Waals surface area (Å²) in [6.45, 7) is 3.73. The monoisotopic (exact) mass is 422 g/mol. The molecule has 5 nitrogen and oxygen atoms in total. The highest BCUT2D eigenvalue weighted by Gasteiger charge is 2.31. The number of hydrogen-bond donors (Lipinski definition) is 1. The average Bonchev–Trinajstić information content (AvgIpc) is 2.65. The molecule has 152 valence electrons. The molecule has 28 heavy (non-hydrogen) atoms. The van der Waals surface area contributed by atoms with Crippen LogP contribution in [0.1, 0.15) is 32.3 Å². The summed E-state index contributed by atoms with van der Waals surface area (Å²) in [5.41, 5.74) is 1.63. The van der Waals surface area contributed by atoms with E-state index >= 15 is 0 Å². The van der Waals surface area contributed by atoms with Crippen molar-refractivity contribution in [2.75, 3.05) is 10.6 Å². The lowest BCUT2D eigenvalue weighted by Gasteiger charge is -2.31. The fourth-order valence-corrected chi connectivity index (χ4v) is 4.43. The molecule has 7 heteroatoms. The number of rotatable bonds is 9. The molecule has 1 N–H and O–H groups in total. The van der Waals surface area contributed by atoms with E-state index in [-0.39, 0.29) is 11.9 Å². The van der Waals surface area contributed by atoms with E-state index in [2.05, 4.69) is 17.4 Å². The average molecular weight is 423 g/mol. The third kappa shape index (κ3) is 6.24. The van der Waals surface area contributed by atoms with Crippen LogP contribution in [0.3, 0.4) is 0 Å². The normalized spacial score (nSPS) is 13.6. The smallest absolute Gasteiger partial charge is 0.244 e. The van der Waals surface area contributed by atoms with Crippen molar-refractivity contribution in [3.05, 3.63) is 65.2 Å². The number of amides is 1. The Kier molecular flexibility index (Phi) is 7.89. The van der Waals surface area contributed by atoms with Crippen molar-refractivity contribution in [3.8, 4) is 0 Å². The van der Waals surface area contributed by atoms with E-state index in [1.54, 1.807) is 31.2 Å². The van der Waals surface area contributed by atoms with Gasteiger partial charge < -0.3 is 5.32 Å². The predicted octanol–water partition coefficient (Wildman–Crippen LogP) is 4.02. The van der Waals surface area contributed by atoms with E-state index < -0.39 is 16.1 Å². The SMILES string of the molecule is CC[C@H](C(=O)N[C@@H](C)CCc1ccccc1)N(c1ccc(Cl)cc1)S(C)(=O)=O. The molecule has 0 radical (unpaired) electrons. The summed E-state index contributed by atoms with van der Waals surface area (Å²) in [6, 6.07) is 15.6. The quantitative estimate of drug-likeness (QED) is 0.663. The zero-order valence-electron chi connectivity index (χ0n) is 16.4. The van der Waals surface area contributed by atoms with Crippen LogP contribution < -0.4 is 9.62 Å². The first-order valence-corrected chi connectivity index (χ1v) is 11.5. The number of carbonyl (C=O) groups is 1. The van der Waals surface area contributed by atoms with Crippen LogP contribution in [-0.2, 0) is 21.2 Å². The van der Waals surface area contributed by atoms with Crippen molar-refractivity contribution in [3.63, 3.8) is 0 Å². The van der Waals surface area contributed by atoms with Gasteiger partial charge in [-0.2, -0.15) is 0 Å². The van der Waals surface area contributed by atoms with Crippen LogP contribution in [0.15, 0.2) is 54.6 Å². The van der Waals surface area contributed by atoms with Gasteiger partial charge in [0, 0.05) is 11.1 Å². The van der Waals surface area contributed by atoms with E-state index in [0.29, 0.717) is 17.1 Å². The molecule has 0 aliphatic rings. The van der Waals surface area contributed by atoms with Gasteiger partial charge in [-0.1, -0.05) is 48.9 Å². The summed E-state index contributed by atoms with van der Waals surface area (Å²) < 4.78 is 26.0. The van der Waals surface area contributed by atoms with Crippen LogP contribution in [0, 0.1) is 0 Å². The minimum atomic E-state index is -3.65. The lowest BCUT2D eigenvalue weighted by Crippen LogP contribution is -2.51. The van der Waals surface area contributed by atoms with Gasteiger partial charge in [-0.05, 0) is 56.0 Å². The summed E-state index contributed by atoms with van der Waals surface area (Å²) in [5, 5.41) is 3.47. The second-order valence-corrected chi connectivity index (χ2v) is 9.19. The second-order valence-electron chi connectivity index (χ2n) is 6.89. The minimum absolute atomic E-state index is 0.0756.